The Morgan fingerprint density at radius 2 is 2.50 bits per heavy atom. The van der Waals surface area contributed by atoms with Gasteiger partial charge in [0.05, 0.1) is 0 Å². The van der Waals surface area contributed by atoms with E-state index in [1.54, 1.807) is 0 Å². The molecule has 0 aliphatic carbocycles. The van der Waals surface area contributed by atoms with E-state index in [-0.39, 0.29) is 0 Å². The fourth-order valence-electron chi connectivity index (χ4n) is 1.22. The van der Waals surface area contributed by atoms with Crippen molar-refractivity contribution < 1.29 is 4.52 Å². The van der Waals surface area contributed by atoms with Crippen molar-refractivity contribution in [1.82, 2.24) is 10.1 Å². The lowest BCUT2D eigenvalue weighted by Gasteiger charge is -2.20. The average molecular weight is 231 g/mol. The van der Waals surface area contributed by atoms with Gasteiger partial charge in [-0.1, -0.05) is 5.16 Å². The van der Waals surface area contributed by atoms with Crippen LogP contribution in [0.5, 0.6) is 0 Å². The molecule has 1 atom stereocenters. The van der Waals surface area contributed by atoms with Gasteiger partial charge in [-0.05, 0) is 6.92 Å². The molecule has 1 aromatic heterocycles. The topological polar surface area (TPSA) is 51.0 Å². The molecule has 1 fully saturated rings. The molecular formula is C8H13N3OS2. The van der Waals surface area contributed by atoms with Gasteiger partial charge >= 0.3 is 6.01 Å². The van der Waals surface area contributed by atoms with Crippen LogP contribution in [0.3, 0.4) is 0 Å². The van der Waals surface area contributed by atoms with Crippen molar-refractivity contribution in [2.45, 2.75) is 12.2 Å². The molecule has 6 heteroatoms. The molecule has 2 heterocycles. The highest BCUT2D eigenvalue weighted by molar-refractivity contribution is 8.06. The van der Waals surface area contributed by atoms with E-state index >= 15 is 0 Å². The SMILES string of the molecule is Cc1noc(NCC2CSCCS2)n1. The molecular weight excluding hydrogens is 218 g/mol. The fourth-order valence-corrected chi connectivity index (χ4v) is 3.84. The van der Waals surface area contributed by atoms with Crippen LogP contribution in [0.25, 0.3) is 0 Å². The van der Waals surface area contributed by atoms with E-state index in [4.69, 9.17) is 4.52 Å². The van der Waals surface area contributed by atoms with E-state index in [9.17, 15) is 0 Å². The van der Waals surface area contributed by atoms with Crippen LogP contribution in [0.4, 0.5) is 6.01 Å². The Morgan fingerprint density at radius 3 is 3.14 bits per heavy atom. The highest BCUT2D eigenvalue weighted by Crippen LogP contribution is 2.23. The predicted octanol–water partition coefficient (Wildman–Crippen LogP) is 1.64. The second-order valence-corrected chi connectivity index (χ2v) is 5.65. The van der Waals surface area contributed by atoms with Gasteiger partial charge in [0.15, 0.2) is 5.82 Å². The van der Waals surface area contributed by atoms with E-state index in [1.807, 2.05) is 30.4 Å². The smallest absolute Gasteiger partial charge is 0.321 e. The summed E-state index contributed by atoms with van der Waals surface area (Å²) in [5, 5.41) is 7.55. The molecule has 0 amide bonds. The Morgan fingerprint density at radius 1 is 1.57 bits per heavy atom. The summed E-state index contributed by atoms with van der Waals surface area (Å²) in [7, 11) is 0. The van der Waals surface area contributed by atoms with Crippen molar-refractivity contribution in [3.05, 3.63) is 5.82 Å². The maximum atomic E-state index is 4.97. The van der Waals surface area contributed by atoms with Gasteiger partial charge < -0.3 is 9.84 Å². The largest absolute Gasteiger partial charge is 0.337 e. The number of thioether (sulfide) groups is 2. The first kappa shape index (κ1) is 10.2. The molecule has 0 aromatic carbocycles. The molecule has 1 N–H and O–H groups in total. The molecule has 1 aliphatic heterocycles. The van der Waals surface area contributed by atoms with Gasteiger partial charge in [0.2, 0.25) is 0 Å². The van der Waals surface area contributed by atoms with E-state index < -0.39 is 0 Å². The van der Waals surface area contributed by atoms with Crippen LogP contribution in [0.15, 0.2) is 4.52 Å². The minimum atomic E-state index is 0.540. The Kier molecular flexibility index (Phi) is 3.58. The number of aryl methyl sites for hydroxylation is 1. The van der Waals surface area contributed by atoms with Gasteiger partial charge in [-0.2, -0.15) is 28.5 Å². The molecule has 14 heavy (non-hydrogen) atoms. The molecule has 2 rings (SSSR count). The van der Waals surface area contributed by atoms with Gasteiger partial charge in [-0.25, -0.2) is 0 Å². The van der Waals surface area contributed by atoms with Crippen LogP contribution in [-0.4, -0.2) is 39.2 Å². The molecule has 1 saturated heterocycles. The number of nitrogens with zero attached hydrogens (tertiary/aromatic N) is 2. The Balaban J connectivity index is 1.76. The summed E-state index contributed by atoms with van der Waals surface area (Å²) >= 11 is 4.03. The molecule has 1 aromatic rings. The van der Waals surface area contributed by atoms with Crippen LogP contribution in [0.2, 0.25) is 0 Å². The third-order valence-corrected chi connectivity index (χ3v) is 4.74. The third-order valence-electron chi connectivity index (χ3n) is 1.89. The van der Waals surface area contributed by atoms with Crippen LogP contribution < -0.4 is 5.32 Å². The summed E-state index contributed by atoms with van der Waals surface area (Å²) in [4.78, 5) is 4.09. The van der Waals surface area contributed by atoms with Gasteiger partial charge in [0, 0.05) is 29.1 Å². The number of hydrogen-bond acceptors (Lipinski definition) is 6. The maximum absolute atomic E-state index is 4.97. The van der Waals surface area contributed by atoms with Gasteiger partial charge in [-0.15, -0.1) is 0 Å². The van der Waals surface area contributed by atoms with Crippen LogP contribution in [0, 0.1) is 6.92 Å². The maximum Gasteiger partial charge on any atom is 0.321 e. The minimum absolute atomic E-state index is 0.540. The Hall–Kier alpha value is -0.360. The summed E-state index contributed by atoms with van der Waals surface area (Å²) in [6.45, 7) is 2.74. The molecule has 4 nitrogen and oxygen atoms in total. The summed E-state index contributed by atoms with van der Waals surface area (Å²) in [6.07, 6.45) is 0. The lowest BCUT2D eigenvalue weighted by atomic mass is 10.5. The highest BCUT2D eigenvalue weighted by Gasteiger charge is 2.14. The number of anilines is 1. The van der Waals surface area contributed by atoms with Crippen molar-refractivity contribution >= 4 is 29.5 Å². The molecule has 78 valence electrons. The first-order valence-electron chi connectivity index (χ1n) is 4.58. The first-order valence-corrected chi connectivity index (χ1v) is 6.78. The van der Waals surface area contributed by atoms with E-state index in [1.165, 1.54) is 17.3 Å². The quantitative estimate of drug-likeness (QED) is 0.853. The number of hydrogen-bond donors (Lipinski definition) is 1. The van der Waals surface area contributed by atoms with E-state index in [0.29, 0.717) is 17.1 Å². The molecule has 0 bridgehead atoms. The predicted molar refractivity (Wildman–Crippen MR) is 61.1 cm³/mol. The van der Waals surface area contributed by atoms with Crippen molar-refractivity contribution in [2.75, 3.05) is 29.1 Å². The van der Waals surface area contributed by atoms with Gasteiger partial charge in [-0.3, -0.25) is 0 Å². The summed E-state index contributed by atoms with van der Waals surface area (Å²) in [6, 6.07) is 0.540. The zero-order valence-electron chi connectivity index (χ0n) is 8.02. The van der Waals surface area contributed by atoms with Crippen molar-refractivity contribution in [3.8, 4) is 0 Å². The lowest BCUT2D eigenvalue weighted by molar-refractivity contribution is 0.425. The zero-order valence-corrected chi connectivity index (χ0v) is 9.66. The highest BCUT2D eigenvalue weighted by atomic mass is 32.2. The summed E-state index contributed by atoms with van der Waals surface area (Å²) in [5.74, 6) is 4.42. The lowest BCUT2D eigenvalue weighted by Crippen LogP contribution is -2.23. The summed E-state index contributed by atoms with van der Waals surface area (Å²) < 4.78 is 4.97. The minimum Gasteiger partial charge on any atom is -0.337 e. The van der Waals surface area contributed by atoms with Crippen LogP contribution in [0.1, 0.15) is 5.82 Å². The second kappa shape index (κ2) is 4.93. The van der Waals surface area contributed by atoms with E-state index in [0.717, 1.165) is 6.54 Å². The summed E-state index contributed by atoms with van der Waals surface area (Å²) in [5.41, 5.74) is 0. The fraction of sp³-hybridized carbons (Fsp3) is 0.750. The number of aromatic nitrogens is 2. The van der Waals surface area contributed by atoms with Crippen LogP contribution >= 0.6 is 23.5 Å². The first-order chi connectivity index (χ1) is 6.84. The van der Waals surface area contributed by atoms with Crippen molar-refractivity contribution in [2.24, 2.45) is 0 Å². The van der Waals surface area contributed by atoms with Gasteiger partial charge in [0.25, 0.3) is 0 Å². The number of nitrogens with one attached hydrogen (secondary N) is 1. The molecule has 1 aliphatic rings. The normalized spacial score (nSPS) is 22.2. The zero-order chi connectivity index (χ0) is 9.80. The Labute approximate surface area is 91.6 Å². The van der Waals surface area contributed by atoms with Gasteiger partial charge in [0.1, 0.15) is 0 Å². The molecule has 0 spiro atoms. The monoisotopic (exact) mass is 231 g/mol. The molecule has 0 radical (unpaired) electrons. The number of rotatable bonds is 3. The Bertz CT molecular complexity index is 286. The molecule has 1 unspecified atom stereocenters. The molecule has 0 saturated carbocycles. The second-order valence-electron chi connectivity index (χ2n) is 3.10. The van der Waals surface area contributed by atoms with Crippen molar-refractivity contribution in [1.29, 1.82) is 0 Å². The third kappa shape index (κ3) is 2.81. The standard InChI is InChI=1S/C8H13N3OS2/c1-6-10-8(12-11-6)9-4-7-5-13-2-3-14-7/h7H,2-5H2,1H3,(H,9,10,11). The van der Waals surface area contributed by atoms with Crippen molar-refractivity contribution in [3.63, 3.8) is 0 Å². The average Bonchev–Trinajstić information content (AvgIpc) is 2.63. The van der Waals surface area contributed by atoms with E-state index in [2.05, 4.69) is 15.5 Å². The van der Waals surface area contributed by atoms with Crippen LogP contribution in [-0.2, 0) is 0 Å².